The standard InChI is InChI=1S/C33H33NOSi/c1-6-28(25-15-13-24(23-34)14-16-25)30-21-22-31-29(26-17-19-27(35-5)20-18-26)11-10-12-33(31)36(8-3,9-4)32(30)7-2/h6-7,10-22H,2,8-9H2,1,3-5H3/b28-6-. The van der Waals surface area contributed by atoms with Crippen molar-refractivity contribution < 1.29 is 4.74 Å². The van der Waals surface area contributed by atoms with Crippen molar-refractivity contribution in [3.05, 3.63) is 119 Å². The summed E-state index contributed by atoms with van der Waals surface area (Å²) >= 11 is 0. The predicted molar refractivity (Wildman–Crippen MR) is 156 cm³/mol. The van der Waals surface area contributed by atoms with Gasteiger partial charge in [-0.15, -0.1) is 0 Å². The van der Waals surface area contributed by atoms with E-state index < -0.39 is 8.07 Å². The Kier molecular flexibility index (Phi) is 7.57. The number of nitrogens with zero attached hydrogens (tertiary/aromatic N) is 1. The van der Waals surface area contributed by atoms with Crippen molar-refractivity contribution in [1.29, 1.82) is 5.26 Å². The van der Waals surface area contributed by atoms with Crippen LogP contribution in [0.2, 0.25) is 12.1 Å². The number of methoxy groups -OCH3 is 1. The molecule has 0 amide bonds. The van der Waals surface area contributed by atoms with Gasteiger partial charge in [-0.05, 0) is 75.0 Å². The SMILES string of the molecule is C=CC1=C(/C(=C\C)c2ccc(C#N)cc2)C=Cc2c(-c3ccc(OC)cc3)cccc2[Si]1(CC)CC. The van der Waals surface area contributed by atoms with Crippen LogP contribution in [0.1, 0.15) is 37.5 Å². The van der Waals surface area contributed by atoms with Gasteiger partial charge in [-0.3, -0.25) is 0 Å². The molecule has 0 saturated heterocycles. The van der Waals surface area contributed by atoms with E-state index in [9.17, 15) is 5.26 Å². The van der Waals surface area contributed by atoms with Crippen LogP contribution >= 0.6 is 0 Å². The summed E-state index contributed by atoms with van der Waals surface area (Å²) in [6, 6.07) is 27.5. The van der Waals surface area contributed by atoms with Crippen LogP contribution in [-0.2, 0) is 0 Å². The molecule has 0 bridgehead atoms. The zero-order chi connectivity index (χ0) is 25.7. The first-order chi connectivity index (χ1) is 17.6. The van der Waals surface area contributed by atoms with Crippen molar-refractivity contribution in [2.24, 2.45) is 0 Å². The molecular formula is C33H33NOSi. The Morgan fingerprint density at radius 1 is 0.972 bits per heavy atom. The normalized spacial score (nSPS) is 14.6. The van der Waals surface area contributed by atoms with Gasteiger partial charge < -0.3 is 4.74 Å². The third-order valence-electron chi connectivity index (χ3n) is 7.56. The molecule has 3 heteroatoms. The molecule has 1 heterocycles. The molecule has 1 aliphatic heterocycles. The molecule has 2 nitrogen and oxygen atoms in total. The van der Waals surface area contributed by atoms with Gasteiger partial charge in [-0.1, -0.05) is 99.3 Å². The van der Waals surface area contributed by atoms with Crippen LogP contribution in [0, 0.1) is 11.3 Å². The van der Waals surface area contributed by atoms with E-state index in [4.69, 9.17) is 4.74 Å². The molecule has 36 heavy (non-hydrogen) atoms. The lowest BCUT2D eigenvalue weighted by molar-refractivity contribution is 0.415. The zero-order valence-electron chi connectivity index (χ0n) is 21.6. The smallest absolute Gasteiger partial charge is 0.119 e. The highest BCUT2D eigenvalue weighted by Gasteiger charge is 2.39. The Hall–Kier alpha value is -3.87. The molecule has 180 valence electrons. The molecule has 0 spiro atoms. The summed E-state index contributed by atoms with van der Waals surface area (Å²) in [6.07, 6.45) is 8.90. The Labute approximate surface area is 216 Å². The number of fused-ring (bicyclic) bond motifs is 1. The Morgan fingerprint density at radius 3 is 2.22 bits per heavy atom. The summed E-state index contributed by atoms with van der Waals surface area (Å²) in [5, 5.41) is 12.1. The van der Waals surface area contributed by atoms with E-state index in [2.05, 4.69) is 100 Å². The second kappa shape index (κ2) is 10.8. The van der Waals surface area contributed by atoms with Crippen LogP contribution in [0.5, 0.6) is 5.75 Å². The molecule has 0 atom stereocenters. The second-order valence-electron chi connectivity index (χ2n) is 9.04. The van der Waals surface area contributed by atoms with Crippen molar-refractivity contribution in [3.63, 3.8) is 0 Å². The van der Waals surface area contributed by atoms with E-state index in [0.29, 0.717) is 5.56 Å². The predicted octanol–water partition coefficient (Wildman–Crippen LogP) is 8.08. The van der Waals surface area contributed by atoms with Crippen molar-refractivity contribution in [2.45, 2.75) is 32.9 Å². The van der Waals surface area contributed by atoms with Gasteiger partial charge in [0, 0.05) is 0 Å². The minimum Gasteiger partial charge on any atom is -0.497 e. The molecule has 3 aromatic rings. The van der Waals surface area contributed by atoms with E-state index in [1.165, 1.54) is 38.2 Å². The fraction of sp³-hybridized carbons (Fsp3) is 0.182. The first-order valence-corrected chi connectivity index (χ1v) is 15.0. The third-order valence-corrected chi connectivity index (χ3v) is 12.9. The molecule has 0 unspecified atom stereocenters. The Balaban J connectivity index is 1.97. The van der Waals surface area contributed by atoms with Crippen molar-refractivity contribution >= 4 is 24.9 Å². The monoisotopic (exact) mass is 487 g/mol. The van der Waals surface area contributed by atoms with Crippen LogP contribution in [0.25, 0.3) is 22.8 Å². The molecule has 4 rings (SSSR count). The van der Waals surface area contributed by atoms with Crippen LogP contribution in [-0.4, -0.2) is 15.2 Å². The van der Waals surface area contributed by atoms with Gasteiger partial charge in [0.15, 0.2) is 0 Å². The van der Waals surface area contributed by atoms with Gasteiger partial charge in [-0.2, -0.15) is 5.26 Å². The molecule has 0 N–H and O–H groups in total. The topological polar surface area (TPSA) is 33.0 Å². The summed E-state index contributed by atoms with van der Waals surface area (Å²) in [5.41, 5.74) is 7.96. The molecule has 0 aromatic heterocycles. The van der Waals surface area contributed by atoms with Gasteiger partial charge in [0.05, 0.1) is 18.7 Å². The first kappa shape index (κ1) is 25.2. The highest BCUT2D eigenvalue weighted by Crippen LogP contribution is 2.39. The van der Waals surface area contributed by atoms with Crippen molar-refractivity contribution in [1.82, 2.24) is 0 Å². The van der Waals surface area contributed by atoms with Crippen molar-refractivity contribution in [3.8, 4) is 22.9 Å². The number of ether oxygens (including phenoxy) is 1. The number of benzene rings is 3. The molecule has 0 aliphatic carbocycles. The molecular weight excluding hydrogens is 454 g/mol. The number of hydrogen-bond acceptors (Lipinski definition) is 2. The lowest BCUT2D eigenvalue weighted by atomic mass is 9.94. The quantitative estimate of drug-likeness (QED) is 0.316. The van der Waals surface area contributed by atoms with Crippen molar-refractivity contribution in [2.75, 3.05) is 7.11 Å². The average molecular weight is 488 g/mol. The van der Waals surface area contributed by atoms with Crippen LogP contribution in [0.4, 0.5) is 0 Å². The fourth-order valence-electron chi connectivity index (χ4n) is 5.60. The Morgan fingerprint density at radius 2 is 1.67 bits per heavy atom. The van der Waals surface area contributed by atoms with Gasteiger partial charge in [0.1, 0.15) is 13.8 Å². The lowest BCUT2D eigenvalue weighted by Gasteiger charge is -2.34. The summed E-state index contributed by atoms with van der Waals surface area (Å²) < 4.78 is 5.39. The highest BCUT2D eigenvalue weighted by atomic mass is 28.3. The van der Waals surface area contributed by atoms with Gasteiger partial charge in [0.25, 0.3) is 0 Å². The molecule has 0 saturated carbocycles. The zero-order valence-corrected chi connectivity index (χ0v) is 22.6. The minimum absolute atomic E-state index is 0.672. The Bertz CT molecular complexity index is 1400. The first-order valence-electron chi connectivity index (χ1n) is 12.6. The molecule has 1 aliphatic rings. The average Bonchev–Trinajstić information content (AvgIpc) is 3.08. The third kappa shape index (κ3) is 4.30. The maximum Gasteiger partial charge on any atom is 0.119 e. The number of allylic oxidation sites excluding steroid dienone is 6. The van der Waals surface area contributed by atoms with Crippen LogP contribution in [0.15, 0.2) is 102 Å². The van der Waals surface area contributed by atoms with Gasteiger partial charge in [-0.25, -0.2) is 0 Å². The van der Waals surface area contributed by atoms with E-state index in [1.54, 1.807) is 7.11 Å². The minimum atomic E-state index is -2.12. The lowest BCUT2D eigenvalue weighted by Crippen LogP contribution is -2.50. The number of hydrogen-bond donors (Lipinski definition) is 0. The number of nitriles is 1. The van der Waals surface area contributed by atoms with Gasteiger partial charge in [0.2, 0.25) is 0 Å². The summed E-state index contributed by atoms with van der Waals surface area (Å²) in [5.74, 6) is 0.861. The molecule has 0 radical (unpaired) electrons. The summed E-state index contributed by atoms with van der Waals surface area (Å²) in [6.45, 7) is 11.1. The van der Waals surface area contributed by atoms with E-state index in [0.717, 1.165) is 23.4 Å². The molecule has 0 fully saturated rings. The van der Waals surface area contributed by atoms with E-state index in [1.807, 2.05) is 24.3 Å². The maximum atomic E-state index is 9.27. The second-order valence-corrected chi connectivity index (χ2v) is 13.7. The molecule has 3 aromatic carbocycles. The fourth-order valence-corrected chi connectivity index (χ4v) is 10.2. The van der Waals surface area contributed by atoms with E-state index in [-0.39, 0.29) is 0 Å². The van der Waals surface area contributed by atoms with Gasteiger partial charge >= 0.3 is 0 Å². The number of rotatable bonds is 7. The highest BCUT2D eigenvalue weighted by molar-refractivity contribution is 6.99. The largest absolute Gasteiger partial charge is 0.497 e. The van der Waals surface area contributed by atoms with E-state index >= 15 is 0 Å². The van der Waals surface area contributed by atoms with Crippen LogP contribution < -0.4 is 9.92 Å². The van der Waals surface area contributed by atoms with Crippen LogP contribution in [0.3, 0.4) is 0 Å². The maximum absolute atomic E-state index is 9.27. The summed E-state index contributed by atoms with van der Waals surface area (Å²) in [4.78, 5) is 0. The summed E-state index contributed by atoms with van der Waals surface area (Å²) in [7, 11) is -0.425.